The van der Waals surface area contributed by atoms with Crippen LogP contribution in [0.5, 0.6) is 17.2 Å². The molecular weight excluding hydrogens is 446 g/mol. The fourth-order valence-electron chi connectivity index (χ4n) is 4.62. The van der Waals surface area contributed by atoms with E-state index >= 15 is 0 Å². The molecule has 1 aromatic heterocycles. The number of rotatable bonds is 6. The Morgan fingerprint density at radius 2 is 1.74 bits per heavy atom. The van der Waals surface area contributed by atoms with Gasteiger partial charge in [0.25, 0.3) is 5.91 Å². The van der Waals surface area contributed by atoms with Crippen LogP contribution in [-0.4, -0.2) is 36.7 Å². The van der Waals surface area contributed by atoms with Gasteiger partial charge >= 0.3 is 0 Å². The van der Waals surface area contributed by atoms with Crippen LogP contribution >= 0.6 is 0 Å². The number of methoxy groups -OCH3 is 2. The quantitative estimate of drug-likeness (QED) is 0.442. The minimum atomic E-state index is -0.675. The number of phenols is 1. The molecule has 1 aliphatic rings. The molecule has 3 aromatic carbocycles. The summed E-state index contributed by atoms with van der Waals surface area (Å²) in [5.41, 5.74) is 3.05. The van der Waals surface area contributed by atoms with Gasteiger partial charge in [-0.25, -0.2) is 0 Å². The number of phenolic OH excluding ortho intramolecular Hbond substituents is 1. The molecule has 5 rings (SSSR count). The molecule has 1 unspecified atom stereocenters. The third-order valence-electron chi connectivity index (χ3n) is 6.44. The summed E-state index contributed by atoms with van der Waals surface area (Å²) in [6, 6.07) is 17.2. The molecular formula is C28H25NO6. The smallest absolute Gasteiger partial charge is 0.290 e. The molecule has 0 fully saturated rings. The maximum atomic E-state index is 13.7. The summed E-state index contributed by atoms with van der Waals surface area (Å²) in [5, 5.41) is 10.6. The second kappa shape index (κ2) is 8.83. The summed E-state index contributed by atoms with van der Waals surface area (Å²) in [6.07, 6.45) is 0.572. The molecule has 1 aliphatic heterocycles. The molecule has 1 N–H and O–H groups in total. The Balaban J connectivity index is 1.62. The van der Waals surface area contributed by atoms with Gasteiger partial charge < -0.3 is 23.9 Å². The Morgan fingerprint density at radius 3 is 2.46 bits per heavy atom. The first-order valence-electron chi connectivity index (χ1n) is 11.3. The number of benzene rings is 3. The average molecular weight is 472 g/mol. The number of nitrogens with zero attached hydrogens (tertiary/aromatic N) is 1. The van der Waals surface area contributed by atoms with Gasteiger partial charge in [0.05, 0.1) is 31.2 Å². The van der Waals surface area contributed by atoms with Gasteiger partial charge in [0.15, 0.2) is 16.9 Å². The van der Waals surface area contributed by atoms with Crippen LogP contribution in [0.15, 0.2) is 69.9 Å². The summed E-state index contributed by atoms with van der Waals surface area (Å²) in [7, 11) is 3.07. The van der Waals surface area contributed by atoms with E-state index in [-0.39, 0.29) is 28.6 Å². The van der Waals surface area contributed by atoms with Crippen molar-refractivity contribution in [1.29, 1.82) is 0 Å². The third kappa shape index (κ3) is 3.89. The number of fused-ring (bicyclic) bond motifs is 2. The normalized spacial score (nSPS) is 14.9. The molecule has 1 amide bonds. The van der Waals surface area contributed by atoms with Crippen LogP contribution in [-0.2, 0) is 6.42 Å². The Kier molecular flexibility index (Phi) is 5.68. The lowest BCUT2D eigenvalue weighted by molar-refractivity contribution is 0.0730. The molecule has 1 atom stereocenters. The first-order valence-corrected chi connectivity index (χ1v) is 11.3. The maximum Gasteiger partial charge on any atom is 0.290 e. The van der Waals surface area contributed by atoms with Gasteiger partial charge in [0.2, 0.25) is 5.76 Å². The largest absolute Gasteiger partial charge is 0.504 e. The lowest BCUT2D eigenvalue weighted by atomic mass is 9.97. The van der Waals surface area contributed by atoms with E-state index in [1.54, 1.807) is 36.3 Å². The number of aromatic hydroxyl groups is 1. The molecule has 0 aliphatic carbocycles. The third-order valence-corrected chi connectivity index (χ3v) is 6.44. The Hall–Kier alpha value is -4.26. The van der Waals surface area contributed by atoms with E-state index in [0.29, 0.717) is 35.1 Å². The molecule has 4 aromatic rings. The summed E-state index contributed by atoms with van der Waals surface area (Å²) >= 11 is 0. The van der Waals surface area contributed by atoms with Gasteiger partial charge in [-0.2, -0.15) is 0 Å². The number of carbonyl (C=O) groups excluding carboxylic acids is 1. The molecule has 0 spiro atoms. The highest BCUT2D eigenvalue weighted by molar-refractivity contribution is 5.99. The van der Waals surface area contributed by atoms with Gasteiger partial charge in [0.1, 0.15) is 11.3 Å². The zero-order chi connectivity index (χ0) is 24.7. The number of hydrogen-bond donors (Lipinski definition) is 1. The standard InChI is InChI=1S/C28H25NO6/c1-16-4-11-22-20(14-16)26(31)24-25(18-7-10-21(30)23(15-18)34-3)29(28(32)27(24)35-22)13-12-17-5-8-19(33-2)9-6-17/h4-11,14-15,25,30H,12-13H2,1-3H3. The molecule has 2 heterocycles. The predicted octanol–water partition coefficient (Wildman–Crippen LogP) is 4.61. The van der Waals surface area contributed by atoms with Gasteiger partial charge in [-0.1, -0.05) is 29.8 Å². The molecule has 0 radical (unpaired) electrons. The Labute approximate surface area is 202 Å². The van der Waals surface area contributed by atoms with Crippen molar-refractivity contribution >= 4 is 16.9 Å². The second-order valence-electron chi connectivity index (χ2n) is 8.60. The van der Waals surface area contributed by atoms with Crippen LogP contribution in [0, 0.1) is 6.92 Å². The van der Waals surface area contributed by atoms with Crippen molar-refractivity contribution in [2.24, 2.45) is 0 Å². The van der Waals surface area contributed by atoms with Crippen molar-refractivity contribution in [2.45, 2.75) is 19.4 Å². The van der Waals surface area contributed by atoms with E-state index in [0.717, 1.165) is 16.9 Å². The van der Waals surface area contributed by atoms with Gasteiger partial charge in [-0.05, 0) is 60.9 Å². The van der Waals surface area contributed by atoms with Crippen LogP contribution < -0.4 is 14.9 Å². The number of aryl methyl sites for hydroxylation is 1. The molecule has 0 bridgehead atoms. The van der Waals surface area contributed by atoms with Crippen LogP contribution in [0.25, 0.3) is 11.0 Å². The number of carbonyl (C=O) groups is 1. The first kappa shape index (κ1) is 22.5. The van der Waals surface area contributed by atoms with Crippen LogP contribution in [0.3, 0.4) is 0 Å². The van der Waals surface area contributed by atoms with E-state index in [9.17, 15) is 14.7 Å². The zero-order valence-corrected chi connectivity index (χ0v) is 19.7. The van der Waals surface area contributed by atoms with Crippen molar-refractivity contribution in [3.05, 3.63) is 98.9 Å². The molecule has 7 heteroatoms. The molecule has 0 saturated carbocycles. The number of amides is 1. The molecule has 0 saturated heterocycles. The van der Waals surface area contributed by atoms with Crippen LogP contribution in [0.1, 0.15) is 38.9 Å². The Morgan fingerprint density at radius 1 is 0.971 bits per heavy atom. The summed E-state index contributed by atoms with van der Waals surface area (Å²) in [4.78, 5) is 28.9. The van der Waals surface area contributed by atoms with E-state index in [1.807, 2.05) is 37.3 Å². The second-order valence-corrected chi connectivity index (χ2v) is 8.60. The minimum absolute atomic E-state index is 0.0215. The fourth-order valence-corrected chi connectivity index (χ4v) is 4.62. The SMILES string of the molecule is COc1ccc(CCN2C(=O)c3oc4ccc(C)cc4c(=O)c3C2c2ccc(O)c(OC)c2)cc1. The van der Waals surface area contributed by atoms with E-state index in [2.05, 4.69) is 0 Å². The molecule has 35 heavy (non-hydrogen) atoms. The monoisotopic (exact) mass is 471 g/mol. The van der Waals surface area contributed by atoms with Crippen LogP contribution in [0.2, 0.25) is 0 Å². The van der Waals surface area contributed by atoms with Crippen molar-refractivity contribution in [1.82, 2.24) is 4.90 Å². The summed E-state index contributed by atoms with van der Waals surface area (Å²) < 4.78 is 16.5. The number of ether oxygens (including phenoxy) is 2. The molecule has 178 valence electrons. The van der Waals surface area contributed by atoms with Crippen molar-refractivity contribution in [2.75, 3.05) is 20.8 Å². The minimum Gasteiger partial charge on any atom is -0.504 e. The summed E-state index contributed by atoms with van der Waals surface area (Å²) in [5.74, 6) is 0.707. The van der Waals surface area contributed by atoms with Crippen LogP contribution in [0.4, 0.5) is 0 Å². The fraction of sp³-hybridized carbons (Fsp3) is 0.214. The van der Waals surface area contributed by atoms with Crippen molar-refractivity contribution in [3.8, 4) is 17.2 Å². The lowest BCUT2D eigenvalue weighted by Crippen LogP contribution is -2.31. The summed E-state index contributed by atoms with van der Waals surface area (Å²) in [6.45, 7) is 2.26. The highest BCUT2D eigenvalue weighted by Crippen LogP contribution is 2.40. The highest BCUT2D eigenvalue weighted by Gasteiger charge is 2.42. The zero-order valence-electron chi connectivity index (χ0n) is 19.7. The van der Waals surface area contributed by atoms with Gasteiger partial charge in [-0.15, -0.1) is 0 Å². The number of hydrogen-bond acceptors (Lipinski definition) is 6. The van der Waals surface area contributed by atoms with Crippen molar-refractivity contribution in [3.63, 3.8) is 0 Å². The first-order chi connectivity index (χ1) is 16.9. The lowest BCUT2D eigenvalue weighted by Gasteiger charge is -2.25. The van der Waals surface area contributed by atoms with E-state index in [1.165, 1.54) is 13.2 Å². The topological polar surface area (TPSA) is 89.2 Å². The van der Waals surface area contributed by atoms with Crippen molar-refractivity contribution < 1.29 is 23.8 Å². The maximum absolute atomic E-state index is 13.7. The van der Waals surface area contributed by atoms with E-state index < -0.39 is 6.04 Å². The Bertz CT molecular complexity index is 1490. The van der Waals surface area contributed by atoms with Gasteiger partial charge in [-0.3, -0.25) is 9.59 Å². The predicted molar refractivity (Wildman–Crippen MR) is 131 cm³/mol. The molecule has 7 nitrogen and oxygen atoms in total. The average Bonchev–Trinajstić information content (AvgIpc) is 3.15. The van der Waals surface area contributed by atoms with E-state index in [4.69, 9.17) is 13.9 Å². The van der Waals surface area contributed by atoms with Gasteiger partial charge in [0, 0.05) is 6.54 Å². The highest BCUT2D eigenvalue weighted by atomic mass is 16.5.